The van der Waals surface area contributed by atoms with Gasteiger partial charge in [0.25, 0.3) is 5.91 Å². The molecule has 0 aliphatic carbocycles. The lowest BCUT2D eigenvalue weighted by atomic mass is 10.0. The molecule has 0 bridgehead atoms. The Morgan fingerprint density at radius 1 is 1.17 bits per heavy atom. The number of hydrogen-bond donors (Lipinski definition) is 1. The number of azide groups is 1. The van der Waals surface area contributed by atoms with Crippen molar-refractivity contribution in [1.29, 1.82) is 0 Å². The van der Waals surface area contributed by atoms with Crippen molar-refractivity contribution in [2.45, 2.75) is 38.6 Å². The molecule has 2 aromatic carbocycles. The third-order valence-electron chi connectivity index (χ3n) is 4.34. The maximum atomic E-state index is 13.7. The van der Waals surface area contributed by atoms with Gasteiger partial charge in [0, 0.05) is 16.2 Å². The molecular weight excluding hydrogens is 394 g/mol. The first kappa shape index (κ1) is 22.8. The van der Waals surface area contributed by atoms with Crippen molar-refractivity contribution in [3.63, 3.8) is 0 Å². The number of halogens is 2. The van der Waals surface area contributed by atoms with Crippen LogP contribution in [0.5, 0.6) is 5.75 Å². The van der Waals surface area contributed by atoms with Gasteiger partial charge in [0.2, 0.25) is 0 Å². The van der Waals surface area contributed by atoms with E-state index in [9.17, 15) is 18.4 Å². The van der Waals surface area contributed by atoms with Gasteiger partial charge in [-0.05, 0) is 36.2 Å². The van der Waals surface area contributed by atoms with E-state index in [1.807, 2.05) is 6.92 Å². The molecule has 1 amide bonds. The third kappa shape index (κ3) is 6.56. The van der Waals surface area contributed by atoms with E-state index in [4.69, 9.17) is 10.3 Å². The summed E-state index contributed by atoms with van der Waals surface area (Å²) < 4.78 is 32.5. The molecule has 0 unspecified atom stereocenters. The Morgan fingerprint density at radius 2 is 1.87 bits per heavy atom. The first-order valence-electron chi connectivity index (χ1n) is 9.51. The molecule has 0 aromatic heterocycles. The minimum Gasteiger partial charge on any atom is -0.480 e. The van der Waals surface area contributed by atoms with Gasteiger partial charge >= 0.3 is 0 Å². The first-order chi connectivity index (χ1) is 14.5. The minimum atomic E-state index is -0.913. The summed E-state index contributed by atoms with van der Waals surface area (Å²) in [4.78, 5) is 27.9. The smallest absolute Gasteiger partial charge is 0.251 e. The number of carbonyl (C=O) groups is 2. The van der Waals surface area contributed by atoms with Crippen molar-refractivity contribution in [1.82, 2.24) is 5.32 Å². The summed E-state index contributed by atoms with van der Waals surface area (Å²) in [7, 11) is 0. The molecular formula is C21H22F2N4O3. The lowest BCUT2D eigenvalue weighted by Crippen LogP contribution is -2.43. The normalized spacial score (nSPS) is 11.3. The molecule has 9 heteroatoms. The summed E-state index contributed by atoms with van der Waals surface area (Å²) in [6.07, 6.45) is 2.81. The van der Waals surface area contributed by atoms with Crippen LogP contribution in [0.1, 0.15) is 43.0 Å². The highest BCUT2D eigenvalue weighted by molar-refractivity contribution is 5.98. The van der Waals surface area contributed by atoms with Crippen LogP contribution in [-0.2, 0) is 4.79 Å². The second kappa shape index (κ2) is 11.5. The fourth-order valence-electron chi connectivity index (χ4n) is 2.78. The molecule has 0 saturated carbocycles. The number of benzene rings is 2. The van der Waals surface area contributed by atoms with Crippen molar-refractivity contribution in [2.24, 2.45) is 5.11 Å². The number of nitrogens with one attached hydrogen (secondary N) is 1. The van der Waals surface area contributed by atoms with E-state index in [0.29, 0.717) is 12.8 Å². The molecule has 0 fully saturated rings. The number of carbonyl (C=O) groups excluding carboxylic acids is 2. The number of ketones is 1. The molecule has 7 nitrogen and oxygen atoms in total. The van der Waals surface area contributed by atoms with Crippen LogP contribution in [-0.4, -0.2) is 24.3 Å². The Kier molecular flexibility index (Phi) is 8.77. The molecule has 0 aliphatic rings. The Bertz CT molecular complexity index is 925. The topological polar surface area (TPSA) is 104 Å². The third-order valence-corrected chi connectivity index (χ3v) is 4.34. The Balaban J connectivity index is 2.10. The molecule has 0 spiro atoms. The minimum absolute atomic E-state index is 0.217. The quantitative estimate of drug-likeness (QED) is 0.235. The summed E-state index contributed by atoms with van der Waals surface area (Å²) in [5, 5.41) is 6.08. The number of unbranched alkanes of at least 4 members (excludes halogenated alkanes) is 2. The van der Waals surface area contributed by atoms with Crippen molar-refractivity contribution >= 4 is 17.4 Å². The van der Waals surface area contributed by atoms with Gasteiger partial charge in [0.05, 0.1) is 6.04 Å². The lowest BCUT2D eigenvalue weighted by molar-refractivity contribution is -0.123. The van der Waals surface area contributed by atoms with Gasteiger partial charge in [-0.1, -0.05) is 49.5 Å². The van der Waals surface area contributed by atoms with Gasteiger partial charge in [-0.2, -0.15) is 0 Å². The summed E-state index contributed by atoms with van der Waals surface area (Å²) in [6, 6.07) is 8.37. The maximum Gasteiger partial charge on any atom is 0.251 e. The van der Waals surface area contributed by atoms with E-state index in [1.165, 1.54) is 24.3 Å². The molecule has 0 heterocycles. The van der Waals surface area contributed by atoms with Crippen LogP contribution in [0.2, 0.25) is 0 Å². The van der Waals surface area contributed by atoms with Crippen molar-refractivity contribution in [2.75, 3.05) is 6.61 Å². The van der Waals surface area contributed by atoms with Crippen LogP contribution in [0.15, 0.2) is 47.6 Å². The number of rotatable bonds is 11. The number of amides is 1. The number of Topliss-reactive ketones (excluding diaryl/α,β-unsaturated/α-hetero) is 1. The SMILES string of the molecule is CCCCC[C@H](NC(=O)c1cccc(N=[N+]=[N-])c1)C(=O)COc1c(F)cccc1F. The van der Waals surface area contributed by atoms with Crippen LogP contribution >= 0.6 is 0 Å². The highest BCUT2D eigenvalue weighted by Gasteiger charge is 2.23. The molecule has 0 aliphatic heterocycles. The molecule has 30 heavy (non-hydrogen) atoms. The molecule has 0 radical (unpaired) electrons. The Hall–Kier alpha value is -3.45. The van der Waals surface area contributed by atoms with Crippen LogP contribution in [0.3, 0.4) is 0 Å². The van der Waals surface area contributed by atoms with E-state index in [2.05, 4.69) is 15.3 Å². The predicted molar refractivity (Wildman–Crippen MR) is 108 cm³/mol. The van der Waals surface area contributed by atoms with E-state index in [1.54, 1.807) is 6.07 Å². The molecule has 1 N–H and O–H groups in total. The zero-order valence-corrected chi connectivity index (χ0v) is 16.5. The van der Waals surface area contributed by atoms with Crippen molar-refractivity contribution < 1.29 is 23.1 Å². The monoisotopic (exact) mass is 416 g/mol. The zero-order chi connectivity index (χ0) is 21.9. The summed E-state index contributed by atoms with van der Waals surface area (Å²) >= 11 is 0. The highest BCUT2D eigenvalue weighted by atomic mass is 19.1. The molecule has 1 atom stereocenters. The van der Waals surface area contributed by atoms with Crippen LogP contribution in [0.25, 0.3) is 10.4 Å². The second-order valence-corrected chi connectivity index (χ2v) is 6.57. The number of hydrogen-bond acceptors (Lipinski definition) is 4. The van der Waals surface area contributed by atoms with Gasteiger partial charge in [-0.3, -0.25) is 9.59 Å². The van der Waals surface area contributed by atoms with Crippen LogP contribution in [0.4, 0.5) is 14.5 Å². The second-order valence-electron chi connectivity index (χ2n) is 6.57. The molecule has 2 rings (SSSR count). The van der Waals surface area contributed by atoms with Gasteiger partial charge in [-0.25, -0.2) is 8.78 Å². The van der Waals surface area contributed by atoms with Gasteiger partial charge in [0.1, 0.15) is 6.61 Å². The number of para-hydroxylation sites is 1. The van der Waals surface area contributed by atoms with E-state index < -0.39 is 41.7 Å². The van der Waals surface area contributed by atoms with E-state index in [-0.39, 0.29) is 11.3 Å². The summed E-state index contributed by atoms with van der Waals surface area (Å²) in [6.45, 7) is 1.41. The highest BCUT2D eigenvalue weighted by Crippen LogP contribution is 2.21. The van der Waals surface area contributed by atoms with E-state index >= 15 is 0 Å². The van der Waals surface area contributed by atoms with Gasteiger partial charge in [-0.15, -0.1) is 0 Å². The first-order valence-corrected chi connectivity index (χ1v) is 9.51. The molecule has 0 saturated heterocycles. The summed E-state index contributed by atoms with van der Waals surface area (Å²) in [5.74, 6) is -3.50. The van der Waals surface area contributed by atoms with Gasteiger partial charge < -0.3 is 10.1 Å². The zero-order valence-electron chi connectivity index (χ0n) is 16.5. The standard InChI is InChI=1S/C21H22F2N4O3/c1-2-3-4-11-18(19(28)13-30-20-16(22)9-6-10-17(20)23)25-21(29)14-7-5-8-15(12-14)26-27-24/h5-10,12,18H,2-4,11,13H2,1H3,(H,25,29)/t18-/m0/s1. The fraction of sp³-hybridized carbons (Fsp3) is 0.333. The van der Waals surface area contributed by atoms with E-state index in [0.717, 1.165) is 25.0 Å². The summed E-state index contributed by atoms with van der Waals surface area (Å²) in [5.41, 5.74) is 9.00. The van der Waals surface area contributed by atoms with Crippen LogP contribution in [0, 0.1) is 11.6 Å². The number of nitrogens with zero attached hydrogens (tertiary/aromatic N) is 3. The van der Waals surface area contributed by atoms with Crippen molar-refractivity contribution in [3.8, 4) is 5.75 Å². The predicted octanol–water partition coefficient (Wildman–Crippen LogP) is 5.23. The Morgan fingerprint density at radius 3 is 2.53 bits per heavy atom. The van der Waals surface area contributed by atoms with Gasteiger partial charge in [0.15, 0.2) is 23.2 Å². The largest absolute Gasteiger partial charge is 0.480 e. The van der Waals surface area contributed by atoms with Crippen LogP contribution < -0.4 is 10.1 Å². The molecule has 158 valence electrons. The van der Waals surface area contributed by atoms with Crippen molar-refractivity contribution in [3.05, 3.63) is 70.1 Å². The average Bonchev–Trinajstić information content (AvgIpc) is 2.73. The average molecular weight is 416 g/mol. The maximum absolute atomic E-state index is 13.7. The fourth-order valence-corrected chi connectivity index (χ4v) is 2.78. The lowest BCUT2D eigenvalue weighted by Gasteiger charge is -2.18. The Labute approximate surface area is 172 Å². The molecule has 2 aromatic rings. The number of ether oxygens (including phenoxy) is 1.